The molecule has 0 bridgehead atoms. The second-order valence-corrected chi connectivity index (χ2v) is 4.38. The monoisotopic (exact) mass is 288 g/mol. The van der Waals surface area contributed by atoms with Gasteiger partial charge in [-0.1, -0.05) is 13.3 Å². The largest absolute Gasteiger partial charge is 0.468 e. The van der Waals surface area contributed by atoms with Gasteiger partial charge >= 0.3 is 11.9 Å². The van der Waals surface area contributed by atoms with Crippen LogP contribution in [0.25, 0.3) is 0 Å². The summed E-state index contributed by atoms with van der Waals surface area (Å²) in [6.45, 7) is 3.94. The van der Waals surface area contributed by atoms with Gasteiger partial charge in [0.15, 0.2) is 0 Å². The fourth-order valence-corrected chi connectivity index (χ4v) is 1.49. The number of carbonyl (C=O) groups excluding carboxylic acids is 3. The van der Waals surface area contributed by atoms with E-state index in [2.05, 4.69) is 14.8 Å². The molecule has 0 aliphatic heterocycles. The Bertz CT molecular complexity index is 315. The van der Waals surface area contributed by atoms with Crippen LogP contribution in [0.1, 0.15) is 26.7 Å². The van der Waals surface area contributed by atoms with Crippen LogP contribution in [-0.4, -0.2) is 62.6 Å². The maximum Gasteiger partial charge on any atom is 0.319 e. The number of nitrogens with zero attached hydrogens (tertiary/aromatic N) is 1. The van der Waals surface area contributed by atoms with Crippen molar-refractivity contribution in [3.05, 3.63) is 0 Å². The minimum absolute atomic E-state index is 0.145. The maximum atomic E-state index is 11.9. The molecule has 7 heteroatoms. The average Bonchev–Trinajstić information content (AvgIpc) is 2.45. The third-order valence-electron chi connectivity index (χ3n) is 2.88. The lowest BCUT2D eigenvalue weighted by molar-refractivity contribution is -0.147. The molecule has 0 aromatic heterocycles. The normalized spacial score (nSPS) is 11.8. The number of amides is 1. The summed E-state index contributed by atoms with van der Waals surface area (Å²) < 4.78 is 9.12. The lowest BCUT2D eigenvalue weighted by Gasteiger charge is -2.25. The number of esters is 2. The van der Waals surface area contributed by atoms with Crippen LogP contribution in [0, 0.1) is 0 Å². The number of rotatable bonds is 9. The zero-order valence-corrected chi connectivity index (χ0v) is 12.6. The molecule has 0 saturated carbocycles. The first-order valence-corrected chi connectivity index (χ1v) is 6.61. The Labute approximate surface area is 119 Å². The van der Waals surface area contributed by atoms with Gasteiger partial charge in [0.1, 0.15) is 0 Å². The number of methoxy groups -OCH3 is 2. The minimum atomic E-state index is -0.620. The van der Waals surface area contributed by atoms with E-state index in [-0.39, 0.29) is 19.0 Å². The van der Waals surface area contributed by atoms with Crippen molar-refractivity contribution in [2.24, 2.45) is 0 Å². The van der Waals surface area contributed by atoms with Crippen molar-refractivity contribution in [3.63, 3.8) is 0 Å². The number of ether oxygens (including phenoxy) is 2. The second kappa shape index (κ2) is 10.2. The van der Waals surface area contributed by atoms with Crippen LogP contribution < -0.4 is 5.32 Å². The highest BCUT2D eigenvalue weighted by Gasteiger charge is 2.25. The number of carbonyl (C=O) groups is 3. The number of hydrogen-bond acceptors (Lipinski definition) is 6. The van der Waals surface area contributed by atoms with Crippen LogP contribution in [0.4, 0.5) is 0 Å². The Hall–Kier alpha value is -1.63. The molecule has 1 unspecified atom stereocenters. The Morgan fingerprint density at radius 1 is 1.10 bits per heavy atom. The zero-order chi connectivity index (χ0) is 15.5. The van der Waals surface area contributed by atoms with Gasteiger partial charge in [-0.25, -0.2) is 0 Å². The highest BCUT2D eigenvalue weighted by molar-refractivity contribution is 5.83. The van der Waals surface area contributed by atoms with Crippen LogP contribution in [-0.2, 0) is 23.9 Å². The number of nitrogens with one attached hydrogen (secondary N) is 1. The van der Waals surface area contributed by atoms with Crippen LogP contribution in [0.15, 0.2) is 0 Å². The first kappa shape index (κ1) is 18.4. The Kier molecular flexibility index (Phi) is 9.36. The van der Waals surface area contributed by atoms with E-state index in [0.29, 0.717) is 6.54 Å². The smallest absolute Gasteiger partial charge is 0.319 e. The highest BCUT2D eigenvalue weighted by Crippen LogP contribution is 2.01. The minimum Gasteiger partial charge on any atom is -0.468 e. The fourth-order valence-electron chi connectivity index (χ4n) is 1.49. The molecule has 0 heterocycles. The molecule has 0 spiro atoms. The van der Waals surface area contributed by atoms with Gasteiger partial charge in [0.25, 0.3) is 0 Å². The van der Waals surface area contributed by atoms with Crippen molar-refractivity contribution in [1.29, 1.82) is 0 Å². The van der Waals surface area contributed by atoms with Gasteiger partial charge in [-0.15, -0.1) is 0 Å². The molecule has 0 fully saturated rings. The van der Waals surface area contributed by atoms with Gasteiger partial charge in [-0.3, -0.25) is 19.3 Å². The molecule has 0 aliphatic rings. The Balaban J connectivity index is 4.59. The molecular formula is C13H24N2O5. The quantitative estimate of drug-likeness (QED) is 0.472. The van der Waals surface area contributed by atoms with Gasteiger partial charge in [-0.05, 0) is 13.3 Å². The van der Waals surface area contributed by atoms with Crippen LogP contribution in [0.5, 0.6) is 0 Å². The maximum absolute atomic E-state index is 11.9. The highest BCUT2D eigenvalue weighted by atomic mass is 16.5. The zero-order valence-electron chi connectivity index (χ0n) is 12.6. The lowest BCUT2D eigenvalue weighted by atomic mass is 10.2. The molecule has 0 rings (SSSR count). The standard InChI is InChI=1S/C13H24N2O5/c1-5-6-7-14-13(18)10(2)15(8-11(16)19-3)9-12(17)20-4/h10H,5-9H2,1-4H3,(H,14,18). The second-order valence-electron chi connectivity index (χ2n) is 4.38. The topological polar surface area (TPSA) is 84.9 Å². The first-order chi connectivity index (χ1) is 9.46. The van der Waals surface area contributed by atoms with E-state index in [9.17, 15) is 14.4 Å². The summed E-state index contributed by atoms with van der Waals surface area (Å²) in [5.74, 6) is -1.25. The van der Waals surface area contributed by atoms with E-state index >= 15 is 0 Å². The molecule has 0 saturated heterocycles. The number of hydrogen-bond donors (Lipinski definition) is 1. The summed E-state index contributed by atoms with van der Waals surface area (Å²) in [6, 6.07) is -0.620. The predicted octanol–water partition coefficient (Wildman–Crippen LogP) is -0.0608. The molecule has 0 aromatic carbocycles. The Morgan fingerprint density at radius 3 is 2.00 bits per heavy atom. The predicted molar refractivity (Wildman–Crippen MR) is 73.0 cm³/mol. The van der Waals surface area contributed by atoms with Crippen molar-refractivity contribution in [2.75, 3.05) is 33.9 Å². The van der Waals surface area contributed by atoms with Gasteiger partial charge < -0.3 is 14.8 Å². The molecule has 0 aliphatic carbocycles. The lowest BCUT2D eigenvalue weighted by Crippen LogP contribution is -2.49. The molecule has 0 radical (unpaired) electrons. The van der Waals surface area contributed by atoms with Crippen LogP contribution >= 0.6 is 0 Å². The van der Waals surface area contributed by atoms with E-state index in [1.807, 2.05) is 6.92 Å². The molecular weight excluding hydrogens is 264 g/mol. The van der Waals surface area contributed by atoms with E-state index in [0.717, 1.165) is 12.8 Å². The molecule has 7 nitrogen and oxygen atoms in total. The van der Waals surface area contributed by atoms with E-state index in [1.54, 1.807) is 6.92 Å². The third kappa shape index (κ3) is 7.08. The molecule has 1 N–H and O–H groups in total. The fraction of sp³-hybridized carbons (Fsp3) is 0.769. The summed E-state index contributed by atoms with van der Waals surface area (Å²) in [6.07, 6.45) is 1.86. The third-order valence-corrected chi connectivity index (χ3v) is 2.88. The molecule has 0 aromatic rings. The van der Waals surface area contributed by atoms with Crippen molar-refractivity contribution in [3.8, 4) is 0 Å². The first-order valence-electron chi connectivity index (χ1n) is 6.61. The van der Waals surface area contributed by atoms with Crippen molar-refractivity contribution in [1.82, 2.24) is 10.2 Å². The molecule has 1 amide bonds. The average molecular weight is 288 g/mol. The SMILES string of the molecule is CCCCNC(=O)C(C)N(CC(=O)OC)CC(=O)OC. The molecule has 20 heavy (non-hydrogen) atoms. The van der Waals surface area contributed by atoms with Crippen LogP contribution in [0.2, 0.25) is 0 Å². The summed E-state index contributed by atoms with van der Waals surface area (Å²) in [5, 5.41) is 2.76. The van der Waals surface area contributed by atoms with Crippen LogP contribution in [0.3, 0.4) is 0 Å². The van der Waals surface area contributed by atoms with Crippen molar-refractivity contribution < 1.29 is 23.9 Å². The molecule has 116 valence electrons. The van der Waals surface area contributed by atoms with E-state index in [1.165, 1.54) is 19.1 Å². The Morgan fingerprint density at radius 2 is 1.60 bits per heavy atom. The molecule has 1 atom stereocenters. The van der Waals surface area contributed by atoms with E-state index < -0.39 is 18.0 Å². The van der Waals surface area contributed by atoms with Gasteiger partial charge in [0.05, 0.1) is 33.4 Å². The van der Waals surface area contributed by atoms with Crippen molar-refractivity contribution in [2.45, 2.75) is 32.7 Å². The summed E-state index contributed by atoms with van der Waals surface area (Å²) >= 11 is 0. The summed E-state index contributed by atoms with van der Waals surface area (Å²) in [4.78, 5) is 36.0. The van der Waals surface area contributed by atoms with Crippen molar-refractivity contribution >= 4 is 17.8 Å². The number of unbranched alkanes of at least 4 members (excludes halogenated alkanes) is 1. The van der Waals surface area contributed by atoms with E-state index in [4.69, 9.17) is 0 Å². The van der Waals surface area contributed by atoms with Gasteiger partial charge in [0, 0.05) is 6.54 Å². The van der Waals surface area contributed by atoms with Gasteiger partial charge in [0.2, 0.25) is 5.91 Å². The van der Waals surface area contributed by atoms with Gasteiger partial charge in [-0.2, -0.15) is 0 Å². The summed E-state index contributed by atoms with van der Waals surface area (Å²) in [5.41, 5.74) is 0. The summed E-state index contributed by atoms with van der Waals surface area (Å²) in [7, 11) is 2.51.